The molecule has 7 heteroatoms. The minimum Gasteiger partial charge on any atom is -0.376 e. The molecule has 2 N–H and O–H groups in total. The predicted octanol–water partition coefficient (Wildman–Crippen LogP) is 3.48. The minimum atomic E-state index is -0.168. The van der Waals surface area contributed by atoms with Crippen molar-refractivity contribution in [2.45, 2.75) is 17.7 Å². The van der Waals surface area contributed by atoms with Crippen LogP contribution in [0.25, 0.3) is 0 Å². The molecule has 3 rings (SSSR count). The van der Waals surface area contributed by atoms with Crippen LogP contribution in [-0.2, 0) is 9.59 Å². The molecule has 1 saturated heterocycles. The normalized spacial score (nSPS) is 13.3. The van der Waals surface area contributed by atoms with Crippen LogP contribution in [0.5, 0.6) is 0 Å². The van der Waals surface area contributed by atoms with Crippen molar-refractivity contribution in [2.24, 2.45) is 0 Å². The molecule has 0 unspecified atom stereocenters. The van der Waals surface area contributed by atoms with Crippen LogP contribution in [0.2, 0.25) is 0 Å². The molecule has 1 aliphatic rings. The number of carbonyl (C=O) groups is 2. The van der Waals surface area contributed by atoms with E-state index in [9.17, 15) is 9.59 Å². The van der Waals surface area contributed by atoms with Crippen molar-refractivity contribution in [3.8, 4) is 6.07 Å². The van der Waals surface area contributed by atoms with Gasteiger partial charge in [-0.1, -0.05) is 12.1 Å². The summed E-state index contributed by atoms with van der Waals surface area (Å²) < 4.78 is 0. The Hall–Kier alpha value is -2.98. The molecule has 0 aliphatic carbocycles. The van der Waals surface area contributed by atoms with E-state index < -0.39 is 0 Å². The summed E-state index contributed by atoms with van der Waals surface area (Å²) in [6, 6.07) is 17.0. The Balaban J connectivity index is 1.54. The van der Waals surface area contributed by atoms with Crippen LogP contribution in [0.1, 0.15) is 12.8 Å². The van der Waals surface area contributed by atoms with Gasteiger partial charge in [0.25, 0.3) is 0 Å². The van der Waals surface area contributed by atoms with E-state index in [0.717, 1.165) is 29.2 Å². The van der Waals surface area contributed by atoms with Gasteiger partial charge in [0, 0.05) is 29.2 Å². The lowest BCUT2D eigenvalue weighted by Crippen LogP contribution is -2.24. The molecule has 0 aromatic heterocycles. The number of rotatable bonds is 7. The molecule has 6 nitrogen and oxygen atoms in total. The third-order valence-electron chi connectivity index (χ3n) is 4.16. The molecule has 27 heavy (non-hydrogen) atoms. The van der Waals surface area contributed by atoms with Crippen LogP contribution in [0.15, 0.2) is 53.4 Å². The van der Waals surface area contributed by atoms with Gasteiger partial charge in [-0.05, 0) is 42.8 Å². The summed E-state index contributed by atoms with van der Waals surface area (Å²) in [5.41, 5.74) is 2.40. The molecule has 0 bridgehead atoms. The first-order valence-corrected chi connectivity index (χ1v) is 9.69. The number of nitriles is 1. The maximum atomic E-state index is 12.2. The zero-order valence-corrected chi connectivity index (χ0v) is 15.6. The molecular formula is C20H20N4O2S. The molecule has 1 heterocycles. The highest BCUT2D eigenvalue weighted by Crippen LogP contribution is 2.26. The number of para-hydroxylation sites is 1. The third kappa shape index (κ3) is 5.02. The van der Waals surface area contributed by atoms with Crippen LogP contribution >= 0.6 is 11.8 Å². The Morgan fingerprint density at radius 3 is 2.67 bits per heavy atom. The van der Waals surface area contributed by atoms with Crippen molar-refractivity contribution in [3.05, 3.63) is 48.5 Å². The van der Waals surface area contributed by atoms with Crippen molar-refractivity contribution in [1.29, 1.82) is 5.26 Å². The minimum absolute atomic E-state index is 0.124. The second kappa shape index (κ2) is 9.10. The number of carbonyl (C=O) groups excluding carboxylic acids is 2. The molecule has 2 aromatic carbocycles. The summed E-state index contributed by atoms with van der Waals surface area (Å²) in [5.74, 6) is 0.318. The van der Waals surface area contributed by atoms with E-state index in [0.29, 0.717) is 17.9 Å². The molecule has 138 valence electrons. The van der Waals surface area contributed by atoms with Crippen LogP contribution < -0.4 is 15.5 Å². The lowest BCUT2D eigenvalue weighted by molar-refractivity contribution is -0.117. The quantitative estimate of drug-likeness (QED) is 0.719. The maximum Gasteiger partial charge on any atom is 0.243 e. The monoisotopic (exact) mass is 380 g/mol. The van der Waals surface area contributed by atoms with Crippen molar-refractivity contribution >= 4 is 40.6 Å². The number of nitrogens with zero attached hydrogens (tertiary/aromatic N) is 2. The van der Waals surface area contributed by atoms with E-state index in [1.165, 1.54) is 11.8 Å². The Kier molecular flexibility index (Phi) is 6.34. The number of nitrogens with one attached hydrogen (secondary N) is 2. The fourth-order valence-corrected chi connectivity index (χ4v) is 3.53. The first-order valence-electron chi connectivity index (χ1n) is 8.70. The van der Waals surface area contributed by atoms with Gasteiger partial charge in [0.2, 0.25) is 11.8 Å². The van der Waals surface area contributed by atoms with Gasteiger partial charge in [-0.3, -0.25) is 9.59 Å². The molecule has 1 aliphatic heterocycles. The molecule has 0 spiro atoms. The number of benzene rings is 2. The van der Waals surface area contributed by atoms with E-state index in [2.05, 4.69) is 16.7 Å². The van der Waals surface area contributed by atoms with E-state index >= 15 is 0 Å². The summed E-state index contributed by atoms with van der Waals surface area (Å²) >= 11 is 1.39. The van der Waals surface area contributed by atoms with E-state index in [4.69, 9.17) is 5.26 Å². The fourth-order valence-electron chi connectivity index (χ4n) is 2.86. The number of hydrogen-bond donors (Lipinski definition) is 2. The van der Waals surface area contributed by atoms with Crippen LogP contribution in [0.4, 0.5) is 17.1 Å². The summed E-state index contributed by atoms with van der Waals surface area (Å²) in [6.45, 7) is 0.885. The van der Waals surface area contributed by atoms with Crippen molar-refractivity contribution in [2.75, 3.05) is 34.4 Å². The van der Waals surface area contributed by atoms with E-state index in [1.54, 1.807) is 4.90 Å². The smallest absolute Gasteiger partial charge is 0.243 e. The van der Waals surface area contributed by atoms with Crippen LogP contribution in [-0.4, -0.2) is 30.7 Å². The van der Waals surface area contributed by atoms with Gasteiger partial charge in [0.1, 0.15) is 0 Å². The first-order chi connectivity index (χ1) is 13.2. The fraction of sp³-hybridized carbons (Fsp3) is 0.250. The Labute approximate surface area is 162 Å². The van der Waals surface area contributed by atoms with Gasteiger partial charge in [0.15, 0.2) is 0 Å². The molecule has 0 atom stereocenters. The SMILES string of the molecule is N#CCSc1ccccc1NC(=O)CNc1ccc(N2CCCC2=O)cc1. The topological polar surface area (TPSA) is 85.2 Å². The lowest BCUT2D eigenvalue weighted by atomic mass is 10.2. The van der Waals surface area contributed by atoms with Gasteiger partial charge in [0.05, 0.1) is 24.1 Å². The highest BCUT2D eigenvalue weighted by atomic mass is 32.2. The van der Waals surface area contributed by atoms with Crippen molar-refractivity contribution < 1.29 is 9.59 Å². The number of anilines is 3. The summed E-state index contributed by atoms with van der Waals surface area (Å²) in [5, 5.41) is 14.7. The number of hydrogen-bond acceptors (Lipinski definition) is 5. The van der Waals surface area contributed by atoms with Crippen LogP contribution in [0.3, 0.4) is 0 Å². The zero-order valence-electron chi connectivity index (χ0n) is 14.8. The molecule has 0 saturated carbocycles. The van der Waals surface area contributed by atoms with Crippen molar-refractivity contribution in [1.82, 2.24) is 0 Å². The summed E-state index contributed by atoms with van der Waals surface area (Å²) in [7, 11) is 0. The largest absolute Gasteiger partial charge is 0.376 e. The number of thioether (sulfide) groups is 1. The van der Waals surface area contributed by atoms with Gasteiger partial charge < -0.3 is 15.5 Å². The zero-order chi connectivity index (χ0) is 19.1. The van der Waals surface area contributed by atoms with Gasteiger partial charge in [-0.15, -0.1) is 11.8 Å². The van der Waals surface area contributed by atoms with Gasteiger partial charge in [-0.25, -0.2) is 0 Å². The summed E-state index contributed by atoms with van der Waals surface area (Å²) in [6.07, 6.45) is 1.50. The second-order valence-corrected chi connectivity index (χ2v) is 7.06. The first kappa shape index (κ1) is 18.8. The Morgan fingerprint density at radius 1 is 1.19 bits per heavy atom. The van der Waals surface area contributed by atoms with Gasteiger partial charge >= 0.3 is 0 Å². The standard InChI is InChI=1S/C20H20N4O2S/c21-11-13-27-18-5-2-1-4-17(18)23-19(25)14-22-15-7-9-16(10-8-15)24-12-3-6-20(24)26/h1-2,4-5,7-10,22H,3,6,12-14H2,(H,23,25). The van der Waals surface area contributed by atoms with Crippen molar-refractivity contribution in [3.63, 3.8) is 0 Å². The average molecular weight is 380 g/mol. The predicted molar refractivity (Wildman–Crippen MR) is 108 cm³/mol. The number of amides is 2. The Bertz CT molecular complexity index is 861. The average Bonchev–Trinajstić information content (AvgIpc) is 3.12. The summed E-state index contributed by atoms with van der Waals surface area (Å²) in [4.78, 5) is 26.7. The highest BCUT2D eigenvalue weighted by Gasteiger charge is 2.21. The van der Waals surface area contributed by atoms with E-state index in [1.807, 2.05) is 48.5 Å². The molecule has 1 fully saturated rings. The highest BCUT2D eigenvalue weighted by molar-refractivity contribution is 7.99. The molecule has 2 aromatic rings. The van der Waals surface area contributed by atoms with E-state index in [-0.39, 0.29) is 18.4 Å². The molecule has 2 amide bonds. The molecule has 0 radical (unpaired) electrons. The lowest BCUT2D eigenvalue weighted by Gasteiger charge is -2.16. The Morgan fingerprint density at radius 2 is 1.96 bits per heavy atom. The maximum absolute atomic E-state index is 12.2. The molecular weight excluding hydrogens is 360 g/mol. The van der Waals surface area contributed by atoms with Crippen LogP contribution in [0, 0.1) is 11.3 Å². The third-order valence-corrected chi connectivity index (χ3v) is 5.10. The van der Waals surface area contributed by atoms with Gasteiger partial charge in [-0.2, -0.15) is 5.26 Å². The second-order valence-electron chi connectivity index (χ2n) is 6.04.